The van der Waals surface area contributed by atoms with Crippen molar-refractivity contribution in [3.05, 3.63) is 30.1 Å². The minimum absolute atomic E-state index is 0.297. The summed E-state index contributed by atoms with van der Waals surface area (Å²) in [5.41, 5.74) is 6.56. The second-order valence-corrected chi connectivity index (χ2v) is 4.01. The van der Waals surface area contributed by atoms with Gasteiger partial charge in [-0.25, -0.2) is 0 Å². The first-order chi connectivity index (χ1) is 8.24. The van der Waals surface area contributed by atoms with Crippen LogP contribution < -0.4 is 11.1 Å². The van der Waals surface area contributed by atoms with Gasteiger partial charge in [0.15, 0.2) is 0 Å². The molecule has 0 aliphatic rings. The molecule has 0 aliphatic heterocycles. The van der Waals surface area contributed by atoms with Gasteiger partial charge in [-0.05, 0) is 37.9 Å². The fraction of sp³-hybridized carbons (Fsp3) is 0.500. The molecular formula is C12H20N4O. The molecule has 0 radical (unpaired) electrons. The van der Waals surface area contributed by atoms with E-state index in [2.05, 4.69) is 28.4 Å². The predicted octanol–water partition coefficient (Wildman–Crippen LogP) is 1.65. The van der Waals surface area contributed by atoms with E-state index in [4.69, 9.17) is 10.9 Å². The lowest BCUT2D eigenvalue weighted by molar-refractivity contribution is 0.316. The number of rotatable bonds is 7. The molecule has 0 spiro atoms. The highest BCUT2D eigenvalue weighted by atomic mass is 16.4. The normalized spacial score (nSPS) is 13.6. The Hall–Kier alpha value is -1.62. The predicted molar refractivity (Wildman–Crippen MR) is 67.9 cm³/mol. The second-order valence-electron chi connectivity index (χ2n) is 4.01. The van der Waals surface area contributed by atoms with Crippen molar-refractivity contribution in [2.75, 3.05) is 6.54 Å². The van der Waals surface area contributed by atoms with Crippen molar-refractivity contribution >= 4 is 5.84 Å². The fourth-order valence-electron chi connectivity index (χ4n) is 1.55. The molecule has 5 nitrogen and oxygen atoms in total. The molecule has 4 N–H and O–H groups in total. The molecule has 94 valence electrons. The Morgan fingerprint density at radius 1 is 1.59 bits per heavy atom. The smallest absolute Gasteiger partial charge is 0.139 e. The van der Waals surface area contributed by atoms with E-state index in [0.29, 0.717) is 18.3 Å². The van der Waals surface area contributed by atoms with Crippen LogP contribution in [0.2, 0.25) is 0 Å². The summed E-state index contributed by atoms with van der Waals surface area (Å²) in [5, 5.41) is 14.7. The first kappa shape index (κ1) is 13.4. The topological polar surface area (TPSA) is 83.5 Å². The lowest BCUT2D eigenvalue weighted by Crippen LogP contribution is -2.20. The number of oxime groups is 1. The quantitative estimate of drug-likeness (QED) is 0.221. The highest BCUT2D eigenvalue weighted by Crippen LogP contribution is 2.09. The van der Waals surface area contributed by atoms with Gasteiger partial charge in [0, 0.05) is 24.9 Å². The molecule has 5 heteroatoms. The Kier molecular flexibility index (Phi) is 6.03. The third-order valence-electron chi connectivity index (χ3n) is 2.62. The molecule has 0 bridgehead atoms. The number of hydrogen-bond donors (Lipinski definition) is 3. The summed E-state index contributed by atoms with van der Waals surface area (Å²) in [5.74, 6) is 0.297. The van der Waals surface area contributed by atoms with Crippen molar-refractivity contribution in [2.24, 2.45) is 10.9 Å². The van der Waals surface area contributed by atoms with Crippen LogP contribution in [0.5, 0.6) is 0 Å². The average Bonchev–Trinajstić information content (AvgIpc) is 2.38. The zero-order valence-electron chi connectivity index (χ0n) is 10.1. The van der Waals surface area contributed by atoms with Crippen molar-refractivity contribution in [1.29, 1.82) is 0 Å². The maximum atomic E-state index is 8.37. The molecule has 17 heavy (non-hydrogen) atoms. The van der Waals surface area contributed by atoms with Gasteiger partial charge in [-0.1, -0.05) is 11.2 Å². The van der Waals surface area contributed by atoms with E-state index in [9.17, 15) is 0 Å². The summed E-state index contributed by atoms with van der Waals surface area (Å²) in [7, 11) is 0. The summed E-state index contributed by atoms with van der Waals surface area (Å²) >= 11 is 0. The lowest BCUT2D eigenvalue weighted by atomic mass is 10.1. The Morgan fingerprint density at radius 2 is 2.41 bits per heavy atom. The second kappa shape index (κ2) is 7.62. The number of aromatic nitrogens is 1. The van der Waals surface area contributed by atoms with Crippen molar-refractivity contribution < 1.29 is 5.21 Å². The number of nitrogens with zero attached hydrogens (tertiary/aromatic N) is 2. The van der Waals surface area contributed by atoms with Crippen LogP contribution in [0, 0.1) is 0 Å². The van der Waals surface area contributed by atoms with E-state index in [1.54, 1.807) is 6.20 Å². The highest BCUT2D eigenvalue weighted by Gasteiger charge is 2.03. The third-order valence-corrected chi connectivity index (χ3v) is 2.62. The number of nitrogens with one attached hydrogen (secondary N) is 1. The lowest BCUT2D eigenvalue weighted by Gasteiger charge is -2.13. The van der Waals surface area contributed by atoms with Crippen LogP contribution in [0.15, 0.2) is 29.7 Å². The molecule has 1 aromatic heterocycles. The summed E-state index contributed by atoms with van der Waals surface area (Å²) in [6.45, 7) is 3.02. The van der Waals surface area contributed by atoms with Gasteiger partial charge in [-0.3, -0.25) is 4.98 Å². The zero-order valence-corrected chi connectivity index (χ0v) is 10.1. The van der Waals surface area contributed by atoms with Crippen LogP contribution >= 0.6 is 0 Å². The van der Waals surface area contributed by atoms with Crippen molar-refractivity contribution in [1.82, 2.24) is 10.3 Å². The Balaban J connectivity index is 2.15. The molecule has 0 unspecified atom stereocenters. The van der Waals surface area contributed by atoms with E-state index in [-0.39, 0.29) is 0 Å². The largest absolute Gasteiger partial charge is 0.409 e. The molecule has 1 heterocycles. The van der Waals surface area contributed by atoms with Gasteiger partial charge < -0.3 is 16.3 Å². The van der Waals surface area contributed by atoms with Crippen LogP contribution in [-0.4, -0.2) is 22.6 Å². The first-order valence-corrected chi connectivity index (χ1v) is 5.83. The summed E-state index contributed by atoms with van der Waals surface area (Å²) in [6.07, 6.45) is 6.20. The Morgan fingerprint density at radius 3 is 3.06 bits per heavy atom. The van der Waals surface area contributed by atoms with E-state index >= 15 is 0 Å². The molecule has 0 saturated carbocycles. The zero-order chi connectivity index (χ0) is 12.5. The number of unbranched alkanes of at least 4 members (excludes halogenated alkanes) is 1. The van der Waals surface area contributed by atoms with Gasteiger partial charge in [0.1, 0.15) is 5.84 Å². The summed E-state index contributed by atoms with van der Waals surface area (Å²) in [4.78, 5) is 4.08. The first-order valence-electron chi connectivity index (χ1n) is 5.83. The van der Waals surface area contributed by atoms with E-state index in [1.165, 1.54) is 5.56 Å². The minimum Gasteiger partial charge on any atom is -0.409 e. The molecule has 1 rings (SSSR count). The Labute approximate surface area is 102 Å². The minimum atomic E-state index is 0.297. The summed E-state index contributed by atoms with van der Waals surface area (Å²) in [6, 6.07) is 4.29. The molecule has 0 fully saturated rings. The average molecular weight is 236 g/mol. The monoisotopic (exact) mass is 236 g/mol. The van der Waals surface area contributed by atoms with Crippen LogP contribution in [0.4, 0.5) is 0 Å². The van der Waals surface area contributed by atoms with Gasteiger partial charge in [-0.2, -0.15) is 0 Å². The van der Waals surface area contributed by atoms with Crippen LogP contribution in [-0.2, 0) is 0 Å². The Bertz CT molecular complexity index is 340. The van der Waals surface area contributed by atoms with Gasteiger partial charge in [0.25, 0.3) is 0 Å². The molecule has 0 amide bonds. The van der Waals surface area contributed by atoms with Crippen molar-refractivity contribution in [3.8, 4) is 0 Å². The van der Waals surface area contributed by atoms with Gasteiger partial charge >= 0.3 is 0 Å². The third kappa shape index (κ3) is 5.31. The summed E-state index contributed by atoms with van der Waals surface area (Å²) < 4.78 is 0. The molecule has 1 aromatic rings. The SMILES string of the molecule is C[C@@H](NCCCC/C(N)=N/O)c1cccnc1. The maximum absolute atomic E-state index is 8.37. The molecule has 1 atom stereocenters. The standard InChI is InChI=1S/C12H20N4O/c1-10(11-5-4-7-14-9-11)15-8-3-2-6-12(13)16-17/h4-5,7,9-10,15,17H,2-3,6,8H2,1H3,(H2,13,16)/t10-/m1/s1. The van der Waals surface area contributed by atoms with E-state index < -0.39 is 0 Å². The number of hydrogen-bond acceptors (Lipinski definition) is 4. The molecule has 0 aliphatic carbocycles. The van der Waals surface area contributed by atoms with Gasteiger partial charge in [0.05, 0.1) is 0 Å². The van der Waals surface area contributed by atoms with Crippen LogP contribution in [0.25, 0.3) is 0 Å². The highest BCUT2D eigenvalue weighted by molar-refractivity contribution is 5.79. The van der Waals surface area contributed by atoms with Gasteiger partial charge in [-0.15, -0.1) is 0 Å². The van der Waals surface area contributed by atoms with E-state index in [0.717, 1.165) is 19.4 Å². The maximum Gasteiger partial charge on any atom is 0.139 e. The number of pyridine rings is 1. The van der Waals surface area contributed by atoms with Crippen LogP contribution in [0.1, 0.15) is 37.8 Å². The number of nitrogens with two attached hydrogens (primary N) is 1. The van der Waals surface area contributed by atoms with Gasteiger partial charge in [0.2, 0.25) is 0 Å². The van der Waals surface area contributed by atoms with Crippen molar-refractivity contribution in [2.45, 2.75) is 32.2 Å². The fourth-order valence-corrected chi connectivity index (χ4v) is 1.55. The van der Waals surface area contributed by atoms with Crippen LogP contribution in [0.3, 0.4) is 0 Å². The number of amidine groups is 1. The molecule has 0 aromatic carbocycles. The molecule has 0 saturated heterocycles. The molecular weight excluding hydrogens is 216 g/mol. The van der Waals surface area contributed by atoms with Crippen molar-refractivity contribution in [3.63, 3.8) is 0 Å². The van der Waals surface area contributed by atoms with E-state index in [1.807, 2.05) is 12.3 Å².